The van der Waals surface area contributed by atoms with Crippen molar-refractivity contribution in [3.8, 4) is 0 Å². The maximum absolute atomic E-state index is 11.9. The molecule has 9 heteroatoms. The molecule has 2 rings (SSSR count). The fourth-order valence-electron chi connectivity index (χ4n) is 1.66. The quantitative estimate of drug-likeness (QED) is 0.747. The Hall–Kier alpha value is -2.68. The summed E-state index contributed by atoms with van der Waals surface area (Å²) in [7, 11) is 0. The highest BCUT2D eigenvalue weighted by Crippen LogP contribution is 2.27. The fraction of sp³-hybridized carbons (Fsp3) is 0.167. The lowest BCUT2D eigenvalue weighted by Gasteiger charge is -2.07. The molecule has 0 saturated heterocycles. The van der Waals surface area contributed by atoms with Crippen molar-refractivity contribution in [2.24, 2.45) is 0 Å². The number of nitrogens with one attached hydrogen (secondary N) is 2. The average Bonchev–Trinajstić information content (AvgIpc) is 2.75. The third-order valence-corrected chi connectivity index (χ3v) is 3.71. The van der Waals surface area contributed by atoms with Crippen LogP contribution in [0.15, 0.2) is 27.1 Å². The lowest BCUT2D eigenvalue weighted by Crippen LogP contribution is -2.33. The number of carbonyl (C=O) groups is 2. The van der Waals surface area contributed by atoms with E-state index in [-0.39, 0.29) is 10.6 Å². The van der Waals surface area contributed by atoms with Crippen LogP contribution in [0.3, 0.4) is 0 Å². The summed E-state index contributed by atoms with van der Waals surface area (Å²) in [5.74, 6) is -1.75. The van der Waals surface area contributed by atoms with Crippen molar-refractivity contribution in [3.05, 3.63) is 48.7 Å². The van der Waals surface area contributed by atoms with Crippen molar-refractivity contribution in [3.63, 3.8) is 0 Å². The molecule has 2 aromatic heterocycles. The molecule has 0 bridgehead atoms. The molecule has 2 heterocycles. The molecular weight excluding hydrogens is 298 g/mol. The van der Waals surface area contributed by atoms with Gasteiger partial charge in [0.25, 0.3) is 11.1 Å². The second-order valence-electron chi connectivity index (χ2n) is 4.21. The zero-order valence-corrected chi connectivity index (χ0v) is 11.7. The minimum Gasteiger partial charge on any atom is -0.477 e. The fourth-order valence-corrected chi connectivity index (χ4v) is 2.50. The van der Waals surface area contributed by atoms with Crippen LogP contribution in [0, 0.1) is 6.92 Å². The second kappa shape index (κ2) is 5.75. The lowest BCUT2D eigenvalue weighted by atomic mass is 10.2. The number of hydrogen-bond donors (Lipinski definition) is 3. The van der Waals surface area contributed by atoms with Gasteiger partial charge in [-0.2, -0.15) is 0 Å². The van der Waals surface area contributed by atoms with Gasteiger partial charge in [-0.05, 0) is 17.9 Å². The largest absolute Gasteiger partial charge is 0.477 e. The Morgan fingerprint density at radius 2 is 2.10 bits per heavy atom. The number of aromatic carboxylic acids is 1. The van der Waals surface area contributed by atoms with Gasteiger partial charge in [0, 0.05) is 12.1 Å². The first kappa shape index (κ1) is 14.7. The number of amides is 1. The van der Waals surface area contributed by atoms with Gasteiger partial charge < -0.3 is 10.4 Å². The Morgan fingerprint density at radius 3 is 2.76 bits per heavy atom. The SMILES string of the molecule is Cc1csc(C(=O)O)c1NC(=O)Cn1[nH]c(=O)ccc1=O. The van der Waals surface area contributed by atoms with Crippen LogP contribution in [-0.4, -0.2) is 26.8 Å². The minimum absolute atomic E-state index is 0.00903. The van der Waals surface area contributed by atoms with Crippen LogP contribution in [0.4, 0.5) is 5.69 Å². The van der Waals surface area contributed by atoms with Crippen molar-refractivity contribution in [1.29, 1.82) is 0 Å². The Labute approximate surface area is 121 Å². The number of carboxylic acids is 1. The number of anilines is 1. The van der Waals surface area contributed by atoms with E-state index in [4.69, 9.17) is 5.11 Å². The minimum atomic E-state index is -1.14. The van der Waals surface area contributed by atoms with Gasteiger partial charge >= 0.3 is 5.97 Å². The number of rotatable bonds is 4. The summed E-state index contributed by atoms with van der Waals surface area (Å²) < 4.78 is 0.847. The topological polar surface area (TPSA) is 121 Å². The highest BCUT2D eigenvalue weighted by Gasteiger charge is 2.17. The van der Waals surface area contributed by atoms with Gasteiger partial charge in [-0.15, -0.1) is 11.3 Å². The Morgan fingerprint density at radius 1 is 1.38 bits per heavy atom. The molecule has 0 aromatic carbocycles. The normalized spacial score (nSPS) is 10.3. The molecule has 0 radical (unpaired) electrons. The Balaban J connectivity index is 2.21. The van der Waals surface area contributed by atoms with Gasteiger partial charge in [0.1, 0.15) is 11.4 Å². The molecule has 1 amide bonds. The van der Waals surface area contributed by atoms with E-state index in [0.717, 1.165) is 28.2 Å². The van der Waals surface area contributed by atoms with E-state index in [9.17, 15) is 19.2 Å². The third-order valence-electron chi connectivity index (χ3n) is 2.62. The Kier molecular flexibility index (Phi) is 4.03. The smallest absolute Gasteiger partial charge is 0.348 e. The summed E-state index contributed by atoms with van der Waals surface area (Å²) in [5, 5.41) is 15.3. The molecule has 0 fully saturated rings. The third kappa shape index (κ3) is 3.26. The van der Waals surface area contributed by atoms with Crippen LogP contribution in [0.5, 0.6) is 0 Å². The molecule has 0 saturated carbocycles. The van der Waals surface area contributed by atoms with Crippen molar-refractivity contribution < 1.29 is 14.7 Å². The van der Waals surface area contributed by atoms with E-state index in [1.807, 2.05) is 0 Å². The van der Waals surface area contributed by atoms with Gasteiger partial charge in [-0.1, -0.05) is 0 Å². The predicted octanol–water partition coefficient (Wildman–Crippen LogP) is 0.243. The van der Waals surface area contributed by atoms with Gasteiger partial charge in [0.15, 0.2) is 0 Å². The van der Waals surface area contributed by atoms with Crippen molar-refractivity contribution in [2.75, 3.05) is 5.32 Å². The number of carbonyl (C=O) groups excluding carboxylic acids is 1. The molecule has 0 spiro atoms. The maximum Gasteiger partial charge on any atom is 0.348 e. The number of hydrogen-bond acceptors (Lipinski definition) is 5. The van der Waals surface area contributed by atoms with E-state index in [1.165, 1.54) is 0 Å². The lowest BCUT2D eigenvalue weighted by molar-refractivity contribution is -0.117. The first-order valence-electron chi connectivity index (χ1n) is 5.80. The predicted molar refractivity (Wildman–Crippen MR) is 76.0 cm³/mol. The monoisotopic (exact) mass is 309 g/mol. The molecule has 0 aliphatic rings. The molecule has 0 aliphatic carbocycles. The van der Waals surface area contributed by atoms with Gasteiger partial charge in [0.2, 0.25) is 5.91 Å². The van der Waals surface area contributed by atoms with Gasteiger partial charge in [-0.25, -0.2) is 9.48 Å². The standard InChI is InChI=1S/C12H11N3O5S/c1-6-5-21-11(12(19)20)10(6)13-8(17)4-15-9(18)3-2-7(16)14-15/h2-3,5H,4H2,1H3,(H,13,17)(H,14,16)(H,19,20). The van der Waals surface area contributed by atoms with Crippen LogP contribution >= 0.6 is 11.3 Å². The summed E-state index contributed by atoms with van der Waals surface area (Å²) in [6.45, 7) is 1.25. The van der Waals surface area contributed by atoms with Crippen LogP contribution in [-0.2, 0) is 11.3 Å². The van der Waals surface area contributed by atoms with E-state index in [0.29, 0.717) is 5.56 Å². The molecule has 110 valence electrons. The van der Waals surface area contributed by atoms with Crippen molar-refractivity contribution in [2.45, 2.75) is 13.5 Å². The Bertz CT molecular complexity index is 817. The van der Waals surface area contributed by atoms with Crippen LogP contribution in [0.2, 0.25) is 0 Å². The molecule has 21 heavy (non-hydrogen) atoms. The number of aromatic nitrogens is 2. The summed E-state index contributed by atoms with van der Waals surface area (Å²) >= 11 is 0.998. The van der Waals surface area contributed by atoms with Crippen molar-refractivity contribution >= 4 is 28.9 Å². The maximum atomic E-state index is 11.9. The van der Waals surface area contributed by atoms with E-state index >= 15 is 0 Å². The molecule has 2 aromatic rings. The van der Waals surface area contributed by atoms with E-state index < -0.39 is 29.5 Å². The summed E-state index contributed by atoms with van der Waals surface area (Å²) in [6, 6.07) is 2.10. The number of carboxylic acid groups (broad SMARTS) is 1. The van der Waals surface area contributed by atoms with Crippen LogP contribution < -0.4 is 16.4 Å². The number of aryl methyl sites for hydroxylation is 1. The number of aromatic amines is 1. The molecule has 3 N–H and O–H groups in total. The van der Waals surface area contributed by atoms with Gasteiger partial charge in [-0.3, -0.25) is 19.5 Å². The van der Waals surface area contributed by atoms with Crippen LogP contribution in [0.25, 0.3) is 0 Å². The number of thiophene rings is 1. The number of nitrogens with zero attached hydrogens (tertiary/aromatic N) is 1. The first-order valence-corrected chi connectivity index (χ1v) is 6.68. The molecular formula is C12H11N3O5S. The molecule has 8 nitrogen and oxygen atoms in total. The second-order valence-corrected chi connectivity index (χ2v) is 5.09. The van der Waals surface area contributed by atoms with E-state index in [1.54, 1.807) is 12.3 Å². The first-order chi connectivity index (χ1) is 9.88. The molecule has 0 atom stereocenters. The summed E-state index contributed by atoms with van der Waals surface area (Å²) in [4.78, 5) is 45.5. The van der Waals surface area contributed by atoms with E-state index in [2.05, 4.69) is 10.4 Å². The zero-order chi connectivity index (χ0) is 15.6. The number of H-pyrrole nitrogens is 1. The van der Waals surface area contributed by atoms with Crippen LogP contribution in [0.1, 0.15) is 15.2 Å². The highest BCUT2D eigenvalue weighted by atomic mass is 32.1. The zero-order valence-electron chi connectivity index (χ0n) is 10.9. The molecule has 0 aliphatic heterocycles. The summed E-state index contributed by atoms with van der Waals surface area (Å²) in [5.41, 5.74) is -0.242. The average molecular weight is 309 g/mol. The van der Waals surface area contributed by atoms with Gasteiger partial charge in [0.05, 0.1) is 5.69 Å². The van der Waals surface area contributed by atoms with Crippen molar-refractivity contribution in [1.82, 2.24) is 9.78 Å². The highest BCUT2D eigenvalue weighted by molar-refractivity contribution is 7.12. The molecule has 0 unspecified atom stereocenters. The summed E-state index contributed by atoms with van der Waals surface area (Å²) in [6.07, 6.45) is 0.